The molecular formula is C28H24N4O4. The number of fused-ring (bicyclic) bond motifs is 9. The molecular weight excluding hydrogens is 456 g/mol. The first-order chi connectivity index (χ1) is 17.4. The molecule has 4 heterocycles. The van der Waals surface area contributed by atoms with Crippen molar-refractivity contribution in [1.29, 1.82) is 0 Å². The number of carbonyl (C=O) groups is 3. The number of imide groups is 1. The van der Waals surface area contributed by atoms with Crippen LogP contribution in [0.4, 0.5) is 4.79 Å². The van der Waals surface area contributed by atoms with E-state index in [1.807, 2.05) is 62.4 Å². The van der Waals surface area contributed by atoms with Gasteiger partial charge in [-0.2, -0.15) is 0 Å². The number of aromatic nitrogens is 2. The van der Waals surface area contributed by atoms with Gasteiger partial charge in [-0.25, -0.2) is 4.79 Å². The molecule has 8 heteroatoms. The summed E-state index contributed by atoms with van der Waals surface area (Å²) < 4.78 is 10.3. The molecule has 0 fully saturated rings. The van der Waals surface area contributed by atoms with Gasteiger partial charge in [0.1, 0.15) is 6.10 Å². The Bertz CT molecular complexity index is 1790. The summed E-state index contributed by atoms with van der Waals surface area (Å²) in [4.78, 5) is 38.9. The molecule has 2 N–H and O–H groups in total. The number of carbonyl (C=O) groups excluding carboxylic acids is 3. The highest BCUT2D eigenvalue weighted by Gasteiger charge is 2.37. The van der Waals surface area contributed by atoms with Crippen molar-refractivity contribution in [3.05, 3.63) is 59.7 Å². The standard InChI is InChI=1S/C28H24N4O4/c1-14(2)29-28(35)36-15-11-12-31-18-9-5-3-7-16(18)20-22-23(27(34)30-26(22)33)21-17-8-4-6-10-19(17)32(13-15)25(21)24(20)31/h3-10,14-15H,11-13H2,1-2H3,(H,29,35)(H,30,33,34). The van der Waals surface area contributed by atoms with Gasteiger partial charge in [0.2, 0.25) is 0 Å². The van der Waals surface area contributed by atoms with Gasteiger partial charge >= 0.3 is 6.09 Å². The zero-order valence-corrected chi connectivity index (χ0v) is 19.9. The molecule has 0 saturated heterocycles. The number of hydrogen-bond acceptors (Lipinski definition) is 4. The first-order valence-corrected chi connectivity index (χ1v) is 12.2. The van der Waals surface area contributed by atoms with Crippen molar-refractivity contribution in [2.24, 2.45) is 0 Å². The van der Waals surface area contributed by atoms with Crippen molar-refractivity contribution in [2.45, 2.75) is 45.5 Å². The van der Waals surface area contributed by atoms with Crippen molar-refractivity contribution in [3.8, 4) is 0 Å². The highest BCUT2D eigenvalue weighted by Crippen LogP contribution is 2.45. The molecule has 1 unspecified atom stereocenters. The SMILES string of the molecule is CC(C)NC(=O)OC1CCn2c3ccccc3c3c4c(c5c6ccccc6n(c5c32)C1)C(=O)NC4=O. The maximum absolute atomic E-state index is 13.2. The maximum atomic E-state index is 13.2. The predicted molar refractivity (Wildman–Crippen MR) is 137 cm³/mol. The lowest BCUT2D eigenvalue weighted by Crippen LogP contribution is -2.36. The van der Waals surface area contributed by atoms with Crippen LogP contribution < -0.4 is 10.6 Å². The number of amides is 3. The van der Waals surface area contributed by atoms with Crippen LogP contribution in [0.25, 0.3) is 43.6 Å². The molecule has 8 nitrogen and oxygen atoms in total. The molecule has 2 aliphatic heterocycles. The Morgan fingerprint density at radius 2 is 1.47 bits per heavy atom. The lowest BCUT2D eigenvalue weighted by Gasteiger charge is -2.24. The smallest absolute Gasteiger partial charge is 0.407 e. The topological polar surface area (TPSA) is 94.4 Å². The van der Waals surface area contributed by atoms with Crippen LogP contribution in [0, 0.1) is 0 Å². The fourth-order valence-corrected chi connectivity index (χ4v) is 6.04. The van der Waals surface area contributed by atoms with E-state index < -0.39 is 6.09 Å². The van der Waals surface area contributed by atoms with Gasteiger partial charge in [-0.3, -0.25) is 14.9 Å². The van der Waals surface area contributed by atoms with E-state index in [1.54, 1.807) is 0 Å². The zero-order valence-electron chi connectivity index (χ0n) is 19.9. The maximum Gasteiger partial charge on any atom is 0.407 e. The molecule has 2 aromatic heterocycles. The van der Waals surface area contributed by atoms with Gasteiger partial charge in [0.15, 0.2) is 0 Å². The molecule has 2 aliphatic rings. The zero-order chi connectivity index (χ0) is 24.7. The van der Waals surface area contributed by atoms with Crippen LogP contribution in [0.15, 0.2) is 48.5 Å². The van der Waals surface area contributed by atoms with Gasteiger partial charge < -0.3 is 19.2 Å². The van der Waals surface area contributed by atoms with E-state index >= 15 is 0 Å². The Morgan fingerprint density at radius 3 is 2.08 bits per heavy atom. The highest BCUT2D eigenvalue weighted by molar-refractivity contribution is 6.39. The number of aryl methyl sites for hydroxylation is 1. The third-order valence-electron chi connectivity index (χ3n) is 7.34. The second-order valence-corrected chi connectivity index (χ2v) is 9.89. The van der Waals surface area contributed by atoms with Crippen LogP contribution in [0.5, 0.6) is 0 Å². The minimum atomic E-state index is -0.440. The predicted octanol–water partition coefficient (Wildman–Crippen LogP) is 4.69. The molecule has 0 bridgehead atoms. The number of alkyl carbamates (subject to hydrolysis) is 1. The second-order valence-electron chi connectivity index (χ2n) is 9.89. The summed E-state index contributed by atoms with van der Waals surface area (Å²) in [7, 11) is 0. The van der Waals surface area contributed by atoms with Crippen LogP contribution in [-0.4, -0.2) is 39.2 Å². The molecule has 5 aromatic rings. The number of rotatable bonds is 2. The van der Waals surface area contributed by atoms with Crippen LogP contribution in [0.3, 0.4) is 0 Å². The molecule has 0 saturated carbocycles. The Morgan fingerprint density at radius 1 is 0.917 bits per heavy atom. The van der Waals surface area contributed by atoms with E-state index in [9.17, 15) is 14.4 Å². The van der Waals surface area contributed by atoms with E-state index in [2.05, 4.69) is 19.8 Å². The Kier molecular flexibility index (Phi) is 4.28. The fraction of sp³-hybridized carbons (Fsp3) is 0.250. The van der Waals surface area contributed by atoms with Gasteiger partial charge in [-0.1, -0.05) is 36.4 Å². The van der Waals surface area contributed by atoms with Crippen LogP contribution in [0.1, 0.15) is 41.0 Å². The summed E-state index contributed by atoms with van der Waals surface area (Å²) in [6.07, 6.45) is -0.213. The number of para-hydroxylation sites is 2. The van der Waals surface area contributed by atoms with Gasteiger partial charge in [-0.15, -0.1) is 0 Å². The van der Waals surface area contributed by atoms with Gasteiger partial charge in [0, 0.05) is 51.6 Å². The van der Waals surface area contributed by atoms with Crippen LogP contribution in [0.2, 0.25) is 0 Å². The number of hydrogen-bond donors (Lipinski definition) is 2. The largest absolute Gasteiger partial charge is 0.444 e. The number of nitrogens with zero attached hydrogens (tertiary/aromatic N) is 2. The van der Waals surface area contributed by atoms with E-state index in [0.29, 0.717) is 30.6 Å². The molecule has 3 amide bonds. The normalized spacial score (nSPS) is 17.2. The molecule has 7 rings (SSSR count). The Labute approximate surface area is 205 Å². The minimum Gasteiger partial charge on any atom is -0.444 e. The van der Waals surface area contributed by atoms with Gasteiger partial charge in [0.25, 0.3) is 11.8 Å². The van der Waals surface area contributed by atoms with Gasteiger partial charge in [0.05, 0.1) is 28.7 Å². The molecule has 0 radical (unpaired) electrons. The molecule has 3 aromatic carbocycles. The highest BCUT2D eigenvalue weighted by atomic mass is 16.6. The van der Waals surface area contributed by atoms with Crippen molar-refractivity contribution >= 4 is 61.5 Å². The van der Waals surface area contributed by atoms with Gasteiger partial charge in [-0.05, 0) is 26.0 Å². The van der Waals surface area contributed by atoms with E-state index in [0.717, 1.165) is 43.6 Å². The monoisotopic (exact) mass is 480 g/mol. The fourth-order valence-electron chi connectivity index (χ4n) is 6.04. The molecule has 180 valence electrons. The first-order valence-electron chi connectivity index (χ1n) is 12.2. The van der Waals surface area contributed by atoms with E-state index in [1.165, 1.54) is 0 Å². The average molecular weight is 481 g/mol. The number of ether oxygens (including phenoxy) is 1. The van der Waals surface area contributed by atoms with Crippen molar-refractivity contribution in [1.82, 2.24) is 19.8 Å². The van der Waals surface area contributed by atoms with Crippen LogP contribution in [-0.2, 0) is 17.8 Å². The van der Waals surface area contributed by atoms with Crippen molar-refractivity contribution in [3.63, 3.8) is 0 Å². The number of benzene rings is 3. The first kappa shape index (κ1) is 21.0. The van der Waals surface area contributed by atoms with Crippen molar-refractivity contribution in [2.75, 3.05) is 0 Å². The van der Waals surface area contributed by atoms with E-state index in [-0.39, 0.29) is 24.0 Å². The molecule has 0 aliphatic carbocycles. The molecule has 1 atom stereocenters. The average Bonchev–Trinajstić information content (AvgIpc) is 3.43. The quantitative estimate of drug-likeness (QED) is 0.358. The summed E-state index contributed by atoms with van der Waals surface area (Å²) >= 11 is 0. The third kappa shape index (κ3) is 2.72. The lowest BCUT2D eigenvalue weighted by molar-refractivity contribution is 0.0791. The Hall–Kier alpha value is -4.33. The summed E-state index contributed by atoms with van der Waals surface area (Å²) in [6, 6.07) is 15.9. The lowest BCUT2D eigenvalue weighted by atomic mass is 9.96. The second kappa shape index (κ2) is 7.34. The summed E-state index contributed by atoms with van der Waals surface area (Å²) in [5.74, 6) is -0.729. The minimum absolute atomic E-state index is 0.0300. The van der Waals surface area contributed by atoms with Crippen LogP contribution >= 0.6 is 0 Å². The number of nitrogens with one attached hydrogen (secondary N) is 2. The van der Waals surface area contributed by atoms with E-state index in [4.69, 9.17) is 4.74 Å². The summed E-state index contributed by atoms with van der Waals surface area (Å²) in [5, 5.41) is 8.78. The third-order valence-corrected chi connectivity index (χ3v) is 7.34. The molecule has 36 heavy (non-hydrogen) atoms. The summed E-state index contributed by atoms with van der Waals surface area (Å²) in [6.45, 7) is 4.84. The molecule has 0 spiro atoms. The summed E-state index contributed by atoms with van der Waals surface area (Å²) in [5.41, 5.74) is 4.63. The Balaban J connectivity index is 1.63. The van der Waals surface area contributed by atoms with Crippen molar-refractivity contribution < 1.29 is 19.1 Å².